The van der Waals surface area contributed by atoms with E-state index in [0.29, 0.717) is 15.2 Å². The Kier molecular flexibility index (Phi) is 7.27. The van der Waals surface area contributed by atoms with E-state index in [2.05, 4.69) is 53.2 Å². The normalized spacial score (nSPS) is 10.6. The fourth-order valence-electron chi connectivity index (χ4n) is 1.10. The summed E-state index contributed by atoms with van der Waals surface area (Å²) in [6.07, 6.45) is 0. The minimum atomic E-state index is -1.48. The summed E-state index contributed by atoms with van der Waals surface area (Å²) in [6.45, 7) is 11.1. The molecule has 0 atom stereocenters. The molecule has 0 amide bonds. The van der Waals surface area contributed by atoms with Gasteiger partial charge < -0.3 is 4.57 Å². The first kappa shape index (κ1) is 16.9. The van der Waals surface area contributed by atoms with Gasteiger partial charge in [-0.2, -0.15) is 0 Å². The lowest BCUT2D eigenvalue weighted by Gasteiger charge is -2.32. The summed E-state index contributed by atoms with van der Waals surface area (Å²) in [6, 6.07) is 5.04. The molecule has 0 N–H and O–H groups in total. The molecule has 0 spiro atoms. The van der Waals surface area contributed by atoms with Crippen LogP contribution in [0.3, 0.4) is 0 Å². The summed E-state index contributed by atoms with van der Waals surface area (Å²) in [7, 11) is 0.889. The van der Waals surface area contributed by atoms with Crippen molar-refractivity contribution in [3.8, 4) is 0 Å². The Bertz CT molecular complexity index is 353. The summed E-state index contributed by atoms with van der Waals surface area (Å²) in [5.41, 5.74) is 0.679. The van der Waals surface area contributed by atoms with Crippen molar-refractivity contribution in [1.82, 2.24) is 0 Å². The molecule has 0 unspecified atom stereocenters. The summed E-state index contributed by atoms with van der Waals surface area (Å²) in [4.78, 5) is 0. The monoisotopic (exact) mass is 335 g/mol. The largest absolute Gasteiger partial charge is 0.398 e. The van der Waals surface area contributed by atoms with Gasteiger partial charge in [0.25, 0.3) is 0 Å². The SMILES string of the molecule is CN(c1cc(Br)ccc1F)[Si](C)(C)C.C[SiH2]C. The number of halogens is 2. The third-order valence-electron chi connectivity index (χ3n) is 2.28. The van der Waals surface area contributed by atoms with Crippen LogP contribution in [-0.4, -0.2) is 24.8 Å². The zero-order chi connectivity index (χ0) is 13.6. The lowest BCUT2D eigenvalue weighted by molar-refractivity contribution is 0.628. The molecule has 1 aromatic carbocycles. The lowest BCUT2D eigenvalue weighted by Crippen LogP contribution is -2.43. The van der Waals surface area contributed by atoms with Gasteiger partial charge in [0.2, 0.25) is 0 Å². The molecule has 0 saturated heterocycles. The van der Waals surface area contributed by atoms with Crippen molar-refractivity contribution >= 4 is 39.4 Å². The Morgan fingerprint density at radius 3 is 2.12 bits per heavy atom. The highest BCUT2D eigenvalue weighted by Crippen LogP contribution is 2.26. The molecule has 1 nitrogen and oxygen atoms in total. The summed E-state index contributed by atoms with van der Waals surface area (Å²) in [5.74, 6) is -0.155. The van der Waals surface area contributed by atoms with Crippen molar-refractivity contribution in [3.05, 3.63) is 28.5 Å². The standard InChI is InChI=1S/C10H15BrFNSi.C2H8Si/c1-13(14(2,3)4)10-7-8(11)5-6-9(10)12;1-3-2/h5-7H,1-4H3;3H2,1-2H3. The van der Waals surface area contributed by atoms with Gasteiger partial charge in [-0.25, -0.2) is 4.39 Å². The van der Waals surface area contributed by atoms with Gasteiger partial charge in [-0.1, -0.05) is 48.7 Å². The molecule has 0 aliphatic rings. The molecule has 1 rings (SSSR count). The number of rotatable bonds is 2. The molecule has 0 radical (unpaired) electrons. The second kappa shape index (κ2) is 7.33. The first-order chi connectivity index (χ1) is 7.73. The zero-order valence-corrected chi connectivity index (χ0v) is 15.6. The van der Waals surface area contributed by atoms with Crippen molar-refractivity contribution in [2.24, 2.45) is 0 Å². The Morgan fingerprint density at radius 2 is 1.71 bits per heavy atom. The lowest BCUT2D eigenvalue weighted by atomic mass is 10.3. The van der Waals surface area contributed by atoms with Gasteiger partial charge in [-0.15, -0.1) is 0 Å². The number of nitrogens with zero attached hydrogens (tertiary/aromatic N) is 1. The Hall–Kier alpha value is -0.136. The number of hydrogen-bond donors (Lipinski definition) is 0. The molecule has 0 fully saturated rings. The van der Waals surface area contributed by atoms with Crippen LogP contribution in [0.15, 0.2) is 22.7 Å². The van der Waals surface area contributed by atoms with Gasteiger partial charge in [0.05, 0.1) is 5.69 Å². The second-order valence-corrected chi connectivity index (χ2v) is 12.4. The number of benzene rings is 1. The van der Waals surface area contributed by atoms with Crippen LogP contribution in [0.1, 0.15) is 0 Å². The molecule has 0 aromatic heterocycles. The molecule has 0 heterocycles. The topological polar surface area (TPSA) is 3.24 Å². The minimum Gasteiger partial charge on any atom is -0.398 e. The predicted molar refractivity (Wildman–Crippen MR) is 86.1 cm³/mol. The summed E-state index contributed by atoms with van der Waals surface area (Å²) in [5, 5.41) is 0. The van der Waals surface area contributed by atoms with Crippen LogP contribution in [0.2, 0.25) is 32.7 Å². The van der Waals surface area contributed by atoms with Crippen molar-refractivity contribution in [1.29, 1.82) is 0 Å². The predicted octanol–water partition coefficient (Wildman–Crippen LogP) is 4.11. The van der Waals surface area contributed by atoms with Crippen molar-refractivity contribution < 1.29 is 4.39 Å². The highest BCUT2D eigenvalue weighted by Gasteiger charge is 2.22. The number of anilines is 1. The maximum absolute atomic E-state index is 13.5. The van der Waals surface area contributed by atoms with Gasteiger partial charge >= 0.3 is 0 Å². The molecule has 5 heteroatoms. The summed E-state index contributed by atoms with van der Waals surface area (Å²) < 4.78 is 16.5. The zero-order valence-electron chi connectivity index (χ0n) is 11.6. The molecule has 17 heavy (non-hydrogen) atoms. The van der Waals surface area contributed by atoms with Gasteiger partial charge in [-0.05, 0) is 25.2 Å². The van der Waals surface area contributed by atoms with Gasteiger partial charge in [0, 0.05) is 14.0 Å². The van der Waals surface area contributed by atoms with E-state index in [1.54, 1.807) is 6.07 Å². The van der Waals surface area contributed by atoms with Crippen LogP contribution in [0, 0.1) is 5.82 Å². The Balaban J connectivity index is 0.000000770. The molecule has 0 bridgehead atoms. The van der Waals surface area contributed by atoms with Crippen LogP contribution in [0.4, 0.5) is 10.1 Å². The Labute approximate surface area is 116 Å². The van der Waals surface area contributed by atoms with Gasteiger partial charge in [0.15, 0.2) is 0 Å². The van der Waals surface area contributed by atoms with E-state index >= 15 is 0 Å². The van der Waals surface area contributed by atoms with E-state index in [-0.39, 0.29) is 5.82 Å². The molecule has 1 aromatic rings. The van der Waals surface area contributed by atoms with Crippen LogP contribution < -0.4 is 4.57 Å². The van der Waals surface area contributed by atoms with Crippen molar-refractivity contribution in [3.63, 3.8) is 0 Å². The quantitative estimate of drug-likeness (QED) is 0.735. The first-order valence-corrected chi connectivity index (χ1v) is 13.0. The average Bonchev–Trinajstić information content (AvgIpc) is 2.20. The molecular formula is C12H23BrFNSi2. The maximum atomic E-state index is 13.5. The van der Waals surface area contributed by atoms with Crippen LogP contribution in [0.5, 0.6) is 0 Å². The van der Waals surface area contributed by atoms with Gasteiger partial charge in [-0.3, -0.25) is 0 Å². The number of hydrogen-bond acceptors (Lipinski definition) is 1. The minimum absolute atomic E-state index is 0.155. The maximum Gasteiger partial charge on any atom is 0.147 e. The molecule has 0 aliphatic carbocycles. The van der Waals surface area contributed by atoms with Crippen LogP contribution >= 0.6 is 15.9 Å². The van der Waals surface area contributed by atoms with E-state index in [1.807, 2.05) is 13.1 Å². The third kappa shape index (κ3) is 5.83. The van der Waals surface area contributed by atoms with E-state index in [9.17, 15) is 4.39 Å². The molecular weight excluding hydrogens is 313 g/mol. The molecule has 0 saturated carbocycles. The molecule has 0 aliphatic heterocycles. The average molecular weight is 336 g/mol. The highest BCUT2D eigenvalue weighted by atomic mass is 79.9. The molecule has 98 valence electrons. The Morgan fingerprint density at radius 1 is 1.24 bits per heavy atom. The fourth-order valence-corrected chi connectivity index (χ4v) is 2.35. The van der Waals surface area contributed by atoms with Crippen molar-refractivity contribution in [2.75, 3.05) is 11.6 Å². The van der Waals surface area contributed by atoms with Crippen LogP contribution in [0.25, 0.3) is 0 Å². The van der Waals surface area contributed by atoms with E-state index in [4.69, 9.17) is 0 Å². The second-order valence-electron chi connectivity index (χ2n) is 5.03. The van der Waals surface area contributed by atoms with Crippen molar-refractivity contribution in [2.45, 2.75) is 32.7 Å². The van der Waals surface area contributed by atoms with E-state index in [0.717, 1.165) is 4.47 Å². The van der Waals surface area contributed by atoms with Gasteiger partial charge in [0.1, 0.15) is 14.1 Å². The van der Waals surface area contributed by atoms with Crippen LogP contribution in [-0.2, 0) is 0 Å². The van der Waals surface area contributed by atoms with E-state index in [1.165, 1.54) is 6.07 Å². The fraction of sp³-hybridized carbons (Fsp3) is 0.500. The van der Waals surface area contributed by atoms with E-state index < -0.39 is 8.24 Å². The third-order valence-corrected chi connectivity index (χ3v) is 5.02. The first-order valence-electron chi connectivity index (χ1n) is 5.92. The smallest absolute Gasteiger partial charge is 0.147 e. The highest BCUT2D eigenvalue weighted by molar-refractivity contribution is 9.10. The summed E-state index contributed by atoms with van der Waals surface area (Å²) >= 11 is 3.35.